The average molecular weight is 579 g/mol. The molecule has 1 aliphatic rings. The van der Waals surface area contributed by atoms with Crippen LogP contribution < -0.4 is 4.74 Å². The second-order valence-electron chi connectivity index (χ2n) is 9.70. The maximum Gasteiger partial charge on any atom is 0.573 e. The monoisotopic (exact) mass is 578 g/mol. The largest absolute Gasteiger partial charge is 0.573 e. The molecule has 0 bridgehead atoms. The molecule has 3 aromatic heterocycles. The van der Waals surface area contributed by atoms with Crippen LogP contribution in [0.3, 0.4) is 0 Å². The van der Waals surface area contributed by atoms with E-state index >= 15 is 0 Å². The number of pyridine rings is 1. The number of aromatic carboxylic acids is 1. The van der Waals surface area contributed by atoms with Crippen molar-refractivity contribution in [3.63, 3.8) is 0 Å². The first-order chi connectivity index (χ1) is 18.7. The van der Waals surface area contributed by atoms with Crippen LogP contribution in [0.15, 0.2) is 41.2 Å². The zero-order valence-electron chi connectivity index (χ0n) is 21.7. The first-order valence-corrected chi connectivity index (χ1v) is 14.1. The Morgan fingerprint density at radius 1 is 1.15 bits per heavy atom. The van der Waals surface area contributed by atoms with E-state index in [0.29, 0.717) is 52.0 Å². The van der Waals surface area contributed by atoms with Crippen LogP contribution in [0.5, 0.6) is 5.75 Å². The van der Waals surface area contributed by atoms with Gasteiger partial charge in [0.25, 0.3) is 0 Å². The molecule has 0 radical (unpaired) electrons. The van der Waals surface area contributed by atoms with Gasteiger partial charge < -0.3 is 18.9 Å². The van der Waals surface area contributed by atoms with Crippen LogP contribution in [-0.4, -0.2) is 64.2 Å². The Labute approximate surface area is 227 Å². The summed E-state index contributed by atoms with van der Waals surface area (Å²) >= 11 is 0. The van der Waals surface area contributed by atoms with Gasteiger partial charge in [0.15, 0.2) is 0 Å². The Bertz CT molecular complexity index is 1700. The van der Waals surface area contributed by atoms with Crippen molar-refractivity contribution < 1.29 is 40.8 Å². The molecule has 40 heavy (non-hydrogen) atoms. The van der Waals surface area contributed by atoms with E-state index in [1.807, 2.05) is 4.57 Å². The number of ether oxygens (including phenoxy) is 1. The topological polar surface area (TPSA) is 128 Å². The highest BCUT2D eigenvalue weighted by Crippen LogP contribution is 2.42. The number of carboxylic acid groups (broad SMARTS) is 1. The number of rotatable bonds is 6. The van der Waals surface area contributed by atoms with Gasteiger partial charge in [0.05, 0.1) is 17.5 Å². The highest BCUT2D eigenvalue weighted by atomic mass is 32.2. The van der Waals surface area contributed by atoms with Crippen molar-refractivity contribution in [2.75, 3.05) is 19.3 Å². The van der Waals surface area contributed by atoms with Gasteiger partial charge in [-0.2, -0.15) is 0 Å². The van der Waals surface area contributed by atoms with Gasteiger partial charge >= 0.3 is 12.3 Å². The van der Waals surface area contributed by atoms with E-state index in [0.717, 1.165) is 12.3 Å². The quantitative estimate of drug-likeness (QED) is 0.332. The Morgan fingerprint density at radius 2 is 1.85 bits per heavy atom. The number of halogens is 3. The highest BCUT2D eigenvalue weighted by Gasteiger charge is 2.34. The van der Waals surface area contributed by atoms with Crippen LogP contribution in [0.25, 0.3) is 33.3 Å². The minimum atomic E-state index is -5.07. The highest BCUT2D eigenvalue weighted by molar-refractivity contribution is 7.88. The standard InChI is InChI=1S/C26H25F3N4O6S/c1-14-23(15(2)39-31-14)17-10-20-21(19-5-4-16(25(34)35)11-22(19)38-26(27,28)29)13-33(24(20)30-12-17)18-6-8-32(9-7-18)40(3,36)37/h4-5,10-13,18H,6-9H2,1-3H3,(H,34,35). The number of hydrogen-bond acceptors (Lipinski definition) is 7. The molecule has 14 heteroatoms. The minimum absolute atomic E-state index is 0.0253. The fourth-order valence-corrected chi connectivity index (χ4v) is 6.07. The molecule has 0 saturated carbocycles. The van der Waals surface area contributed by atoms with Crippen molar-refractivity contribution in [3.8, 4) is 28.0 Å². The van der Waals surface area contributed by atoms with E-state index in [1.165, 1.54) is 16.4 Å². The fraction of sp³-hybridized carbons (Fsp3) is 0.346. The normalized spacial score (nSPS) is 15.6. The number of carboxylic acids is 1. The number of sulfonamides is 1. The van der Waals surface area contributed by atoms with E-state index in [9.17, 15) is 31.5 Å². The molecule has 0 aliphatic carbocycles. The summed E-state index contributed by atoms with van der Waals surface area (Å²) in [5.74, 6) is -1.53. The van der Waals surface area contributed by atoms with Gasteiger partial charge in [-0.15, -0.1) is 13.2 Å². The molecule has 10 nitrogen and oxygen atoms in total. The second-order valence-corrected chi connectivity index (χ2v) is 11.7. The fourth-order valence-electron chi connectivity index (χ4n) is 5.20. The number of aromatic nitrogens is 3. The molecule has 0 atom stereocenters. The third-order valence-electron chi connectivity index (χ3n) is 7.02. The Kier molecular flexibility index (Phi) is 6.86. The zero-order valence-corrected chi connectivity index (χ0v) is 22.5. The van der Waals surface area contributed by atoms with Gasteiger partial charge in [-0.1, -0.05) is 5.16 Å². The van der Waals surface area contributed by atoms with Crippen LogP contribution in [0.4, 0.5) is 13.2 Å². The van der Waals surface area contributed by atoms with E-state index in [2.05, 4.69) is 14.9 Å². The molecular formula is C26H25F3N4O6S. The summed E-state index contributed by atoms with van der Waals surface area (Å²) in [5, 5.41) is 13.9. The minimum Gasteiger partial charge on any atom is -0.478 e. The Hall–Kier alpha value is -3.91. The lowest BCUT2D eigenvalue weighted by Crippen LogP contribution is -2.38. The van der Waals surface area contributed by atoms with Crippen molar-refractivity contribution in [3.05, 3.63) is 53.7 Å². The second kappa shape index (κ2) is 9.93. The lowest BCUT2D eigenvalue weighted by Gasteiger charge is -2.31. The summed E-state index contributed by atoms with van der Waals surface area (Å²) in [6.45, 7) is 4.06. The zero-order chi connectivity index (χ0) is 29.0. The van der Waals surface area contributed by atoms with E-state index < -0.39 is 28.1 Å². The SMILES string of the molecule is Cc1noc(C)c1-c1cnc2c(c1)c(-c1ccc(C(=O)O)cc1OC(F)(F)F)cn2C1CCN(S(C)(=O)=O)CC1. The number of benzene rings is 1. The third-order valence-corrected chi connectivity index (χ3v) is 8.33. The number of alkyl halides is 3. The summed E-state index contributed by atoms with van der Waals surface area (Å²) in [6.07, 6.45) is 0.303. The number of nitrogens with zero attached hydrogens (tertiary/aromatic N) is 4. The summed E-state index contributed by atoms with van der Waals surface area (Å²) in [5.41, 5.74) is 2.42. The average Bonchev–Trinajstić information content (AvgIpc) is 3.41. The predicted octanol–water partition coefficient (Wildman–Crippen LogP) is 5.17. The molecule has 1 aromatic carbocycles. The smallest absolute Gasteiger partial charge is 0.478 e. The third kappa shape index (κ3) is 5.28. The first-order valence-electron chi connectivity index (χ1n) is 12.3. The summed E-state index contributed by atoms with van der Waals surface area (Å²) in [6, 6.07) is 4.91. The summed E-state index contributed by atoms with van der Waals surface area (Å²) < 4.78 is 77.0. The van der Waals surface area contributed by atoms with Gasteiger partial charge in [0.1, 0.15) is 17.2 Å². The summed E-state index contributed by atoms with van der Waals surface area (Å²) in [7, 11) is -3.36. The molecule has 4 aromatic rings. The maximum absolute atomic E-state index is 13.4. The Morgan fingerprint density at radius 3 is 2.42 bits per heavy atom. The Balaban J connectivity index is 1.70. The summed E-state index contributed by atoms with van der Waals surface area (Å²) in [4.78, 5) is 16.2. The van der Waals surface area contributed by atoms with E-state index in [1.54, 1.807) is 32.3 Å². The van der Waals surface area contributed by atoms with Crippen molar-refractivity contribution in [1.82, 2.24) is 19.0 Å². The van der Waals surface area contributed by atoms with Gasteiger partial charge in [0, 0.05) is 59.2 Å². The molecule has 212 valence electrons. The van der Waals surface area contributed by atoms with Crippen molar-refractivity contribution in [1.29, 1.82) is 0 Å². The molecular weight excluding hydrogens is 553 g/mol. The number of hydrogen-bond donors (Lipinski definition) is 1. The van der Waals surface area contributed by atoms with Crippen LogP contribution in [0.1, 0.15) is 40.7 Å². The molecule has 1 fully saturated rings. The van der Waals surface area contributed by atoms with E-state index in [-0.39, 0.29) is 30.3 Å². The van der Waals surface area contributed by atoms with Gasteiger partial charge in [0.2, 0.25) is 10.0 Å². The first kappa shape index (κ1) is 27.6. The number of aryl methyl sites for hydroxylation is 2. The molecule has 0 unspecified atom stereocenters. The molecule has 4 heterocycles. The van der Waals surface area contributed by atoms with Crippen molar-refractivity contribution >= 4 is 27.0 Å². The van der Waals surface area contributed by atoms with Crippen molar-refractivity contribution in [2.24, 2.45) is 0 Å². The van der Waals surface area contributed by atoms with Gasteiger partial charge in [-0.25, -0.2) is 22.5 Å². The van der Waals surface area contributed by atoms with Crippen LogP contribution in [0.2, 0.25) is 0 Å². The molecule has 1 saturated heterocycles. The predicted molar refractivity (Wildman–Crippen MR) is 138 cm³/mol. The van der Waals surface area contributed by atoms with E-state index in [4.69, 9.17) is 4.52 Å². The van der Waals surface area contributed by atoms with Gasteiger partial charge in [-0.3, -0.25) is 0 Å². The lowest BCUT2D eigenvalue weighted by molar-refractivity contribution is -0.274. The molecule has 1 N–H and O–H groups in total. The van der Waals surface area contributed by atoms with Crippen LogP contribution in [-0.2, 0) is 10.0 Å². The van der Waals surface area contributed by atoms with Crippen LogP contribution in [0, 0.1) is 13.8 Å². The molecule has 1 aliphatic heterocycles. The number of fused-ring (bicyclic) bond motifs is 1. The molecule has 5 rings (SSSR count). The lowest BCUT2D eigenvalue weighted by atomic mass is 10.00. The number of piperidine rings is 1. The maximum atomic E-state index is 13.4. The molecule has 0 amide bonds. The van der Waals surface area contributed by atoms with Crippen LogP contribution >= 0.6 is 0 Å². The van der Waals surface area contributed by atoms with Gasteiger partial charge in [-0.05, 0) is 51.0 Å². The molecule has 0 spiro atoms. The van der Waals surface area contributed by atoms with Crippen molar-refractivity contribution in [2.45, 2.75) is 39.1 Å². The number of carbonyl (C=O) groups is 1.